The van der Waals surface area contributed by atoms with Crippen LogP contribution in [0.3, 0.4) is 0 Å². The summed E-state index contributed by atoms with van der Waals surface area (Å²) in [6, 6.07) is 2.09. The van der Waals surface area contributed by atoms with Gasteiger partial charge in [0.05, 0.1) is 9.89 Å². The Kier molecular flexibility index (Phi) is 4.13. The van der Waals surface area contributed by atoms with E-state index in [1.807, 2.05) is 13.8 Å². The molecule has 4 heteroatoms. The lowest BCUT2D eigenvalue weighted by atomic mass is 9.98. The zero-order valence-corrected chi connectivity index (χ0v) is 11.1. The number of hydrogen-bond acceptors (Lipinski definition) is 3. The summed E-state index contributed by atoms with van der Waals surface area (Å²) in [6.45, 7) is 6.59. The third-order valence-electron chi connectivity index (χ3n) is 2.41. The van der Waals surface area contributed by atoms with Gasteiger partial charge in [0.1, 0.15) is 0 Å². The van der Waals surface area contributed by atoms with Crippen LogP contribution >= 0.6 is 27.3 Å². The zero-order chi connectivity index (χ0) is 10.8. The highest BCUT2D eigenvalue weighted by atomic mass is 79.9. The summed E-state index contributed by atoms with van der Waals surface area (Å²) in [5.74, 6) is 0. The maximum absolute atomic E-state index is 9.49. The Morgan fingerprint density at radius 3 is 2.71 bits per heavy atom. The Bertz CT molecular complexity index is 296. The molecule has 0 amide bonds. The van der Waals surface area contributed by atoms with Crippen molar-refractivity contribution >= 4 is 27.3 Å². The van der Waals surface area contributed by atoms with Crippen molar-refractivity contribution in [3.05, 3.63) is 20.8 Å². The molecule has 0 radical (unpaired) electrons. The highest BCUT2D eigenvalue weighted by Crippen LogP contribution is 2.21. The van der Waals surface area contributed by atoms with Gasteiger partial charge in [0.15, 0.2) is 0 Å². The van der Waals surface area contributed by atoms with Crippen molar-refractivity contribution in [1.82, 2.24) is 5.32 Å². The normalized spacial score (nSPS) is 14.4. The van der Waals surface area contributed by atoms with Crippen LogP contribution in [0.15, 0.2) is 15.2 Å². The van der Waals surface area contributed by atoms with E-state index in [4.69, 9.17) is 0 Å². The second-order valence-corrected chi connectivity index (χ2v) is 6.30. The van der Waals surface area contributed by atoms with Crippen LogP contribution in [-0.4, -0.2) is 16.7 Å². The third-order valence-corrected chi connectivity index (χ3v) is 3.97. The Morgan fingerprint density at radius 1 is 1.64 bits per heavy atom. The highest BCUT2D eigenvalue weighted by molar-refractivity contribution is 9.11. The van der Waals surface area contributed by atoms with Crippen LogP contribution in [0.4, 0.5) is 0 Å². The van der Waals surface area contributed by atoms with Crippen molar-refractivity contribution in [1.29, 1.82) is 0 Å². The number of halogens is 1. The maximum Gasteiger partial charge on any atom is 0.0701 e. The van der Waals surface area contributed by atoms with Crippen LogP contribution < -0.4 is 5.32 Å². The van der Waals surface area contributed by atoms with Gasteiger partial charge in [0, 0.05) is 12.1 Å². The molecular weight excluding hydrogens is 262 g/mol. The van der Waals surface area contributed by atoms with Gasteiger partial charge >= 0.3 is 0 Å². The molecule has 0 bridgehead atoms. The molecule has 1 rings (SSSR count). The lowest BCUT2D eigenvalue weighted by molar-refractivity contribution is 0.0957. The van der Waals surface area contributed by atoms with Gasteiger partial charge in [0.2, 0.25) is 0 Å². The molecule has 2 nitrogen and oxygen atoms in total. The molecule has 1 atom stereocenters. The minimum atomic E-state index is -0.357. The lowest BCUT2D eigenvalue weighted by Crippen LogP contribution is -2.47. The average molecular weight is 278 g/mol. The van der Waals surface area contributed by atoms with Gasteiger partial charge in [0.25, 0.3) is 0 Å². The van der Waals surface area contributed by atoms with E-state index in [0.717, 1.165) is 10.3 Å². The van der Waals surface area contributed by atoms with Gasteiger partial charge in [-0.25, -0.2) is 0 Å². The molecular formula is C10H16BrNOS. The van der Waals surface area contributed by atoms with Crippen LogP contribution in [0.1, 0.15) is 26.3 Å². The Morgan fingerprint density at radius 2 is 2.29 bits per heavy atom. The minimum Gasteiger partial charge on any atom is -0.392 e. The molecule has 0 aliphatic carbocycles. The molecule has 0 saturated heterocycles. The first-order valence-electron chi connectivity index (χ1n) is 4.58. The lowest BCUT2D eigenvalue weighted by Gasteiger charge is -2.29. The Balaban J connectivity index is 2.48. The molecule has 1 unspecified atom stereocenters. The fourth-order valence-electron chi connectivity index (χ4n) is 0.916. The minimum absolute atomic E-state index is 0.242. The maximum atomic E-state index is 9.49. The summed E-state index contributed by atoms with van der Waals surface area (Å²) in [5.41, 5.74) is 1.00. The fourth-order valence-corrected chi connectivity index (χ4v) is 2.13. The number of thiophene rings is 1. The highest BCUT2D eigenvalue weighted by Gasteiger charge is 2.22. The molecule has 0 aliphatic heterocycles. The van der Waals surface area contributed by atoms with Gasteiger partial charge in [-0.15, -0.1) is 11.3 Å². The Labute approximate surface area is 97.5 Å². The van der Waals surface area contributed by atoms with E-state index in [0.29, 0.717) is 0 Å². The second-order valence-electron chi connectivity index (χ2n) is 4.01. The fraction of sp³-hybridized carbons (Fsp3) is 0.600. The summed E-state index contributed by atoms with van der Waals surface area (Å²) in [4.78, 5) is 0. The summed E-state index contributed by atoms with van der Waals surface area (Å²) in [5, 5.41) is 14.9. The summed E-state index contributed by atoms with van der Waals surface area (Å²) < 4.78 is 1.14. The molecule has 0 aromatic carbocycles. The monoisotopic (exact) mass is 277 g/mol. The van der Waals surface area contributed by atoms with E-state index in [1.54, 1.807) is 18.3 Å². The topological polar surface area (TPSA) is 32.3 Å². The number of nitrogens with one attached hydrogen (secondary N) is 1. The number of rotatable bonds is 4. The first kappa shape index (κ1) is 12.2. The van der Waals surface area contributed by atoms with Gasteiger partial charge in [-0.3, -0.25) is 0 Å². The molecule has 0 fully saturated rings. The van der Waals surface area contributed by atoms with Gasteiger partial charge in [-0.05, 0) is 53.7 Å². The van der Waals surface area contributed by atoms with Crippen molar-refractivity contribution in [3.63, 3.8) is 0 Å². The first-order valence-corrected chi connectivity index (χ1v) is 6.25. The molecule has 0 aliphatic rings. The molecule has 0 spiro atoms. The number of aliphatic hydroxyl groups excluding tert-OH is 1. The van der Waals surface area contributed by atoms with Gasteiger partial charge in [-0.2, -0.15) is 0 Å². The average Bonchev–Trinajstić information content (AvgIpc) is 2.48. The molecule has 1 aromatic rings. The molecule has 1 heterocycles. The molecule has 14 heavy (non-hydrogen) atoms. The zero-order valence-electron chi connectivity index (χ0n) is 8.67. The van der Waals surface area contributed by atoms with Crippen molar-refractivity contribution in [2.45, 2.75) is 39.0 Å². The van der Waals surface area contributed by atoms with Crippen molar-refractivity contribution in [2.75, 3.05) is 0 Å². The molecule has 0 saturated carbocycles. The van der Waals surface area contributed by atoms with E-state index in [-0.39, 0.29) is 11.6 Å². The Hall–Kier alpha value is 0.100. The van der Waals surface area contributed by atoms with E-state index >= 15 is 0 Å². The van der Waals surface area contributed by atoms with Gasteiger partial charge < -0.3 is 10.4 Å². The SMILES string of the molecule is CC(O)C(C)(C)NCc1csc(Br)c1. The van der Waals surface area contributed by atoms with Crippen molar-refractivity contribution in [2.24, 2.45) is 0 Å². The number of hydrogen-bond donors (Lipinski definition) is 2. The summed E-state index contributed by atoms with van der Waals surface area (Å²) in [6.07, 6.45) is -0.357. The smallest absolute Gasteiger partial charge is 0.0701 e. The van der Waals surface area contributed by atoms with Crippen LogP contribution in [0.5, 0.6) is 0 Å². The quantitative estimate of drug-likeness (QED) is 0.887. The summed E-state index contributed by atoms with van der Waals surface area (Å²) in [7, 11) is 0. The van der Waals surface area contributed by atoms with E-state index in [1.165, 1.54) is 5.56 Å². The van der Waals surface area contributed by atoms with Crippen LogP contribution in [0, 0.1) is 0 Å². The molecule has 2 N–H and O–H groups in total. The van der Waals surface area contributed by atoms with E-state index in [9.17, 15) is 5.11 Å². The third kappa shape index (κ3) is 3.35. The van der Waals surface area contributed by atoms with E-state index in [2.05, 4.69) is 32.7 Å². The first-order chi connectivity index (χ1) is 6.42. The summed E-state index contributed by atoms with van der Waals surface area (Å²) >= 11 is 5.10. The predicted octanol–water partition coefficient (Wildman–Crippen LogP) is 2.76. The second kappa shape index (κ2) is 4.75. The van der Waals surface area contributed by atoms with Crippen molar-refractivity contribution < 1.29 is 5.11 Å². The van der Waals surface area contributed by atoms with Crippen LogP contribution in [0.25, 0.3) is 0 Å². The largest absolute Gasteiger partial charge is 0.392 e. The predicted molar refractivity (Wildman–Crippen MR) is 64.6 cm³/mol. The van der Waals surface area contributed by atoms with Crippen LogP contribution in [0.2, 0.25) is 0 Å². The van der Waals surface area contributed by atoms with Gasteiger partial charge in [-0.1, -0.05) is 0 Å². The van der Waals surface area contributed by atoms with Crippen LogP contribution in [-0.2, 0) is 6.54 Å². The molecule has 80 valence electrons. The van der Waals surface area contributed by atoms with Crippen molar-refractivity contribution in [3.8, 4) is 0 Å². The molecule has 1 aromatic heterocycles. The standard InChI is InChI=1S/C10H16BrNOS/c1-7(13)10(2,3)12-5-8-4-9(11)14-6-8/h4,6-7,12-13H,5H2,1-3H3. The van der Waals surface area contributed by atoms with E-state index < -0.39 is 0 Å². The number of aliphatic hydroxyl groups is 1.